The van der Waals surface area contributed by atoms with E-state index in [0.717, 1.165) is 24.2 Å². The molecule has 6 heteroatoms. The average molecular weight is 429 g/mol. The molecule has 1 aliphatic rings. The van der Waals surface area contributed by atoms with Gasteiger partial charge in [-0.3, -0.25) is 4.79 Å². The molecule has 0 saturated carbocycles. The van der Waals surface area contributed by atoms with Crippen molar-refractivity contribution in [1.29, 1.82) is 0 Å². The van der Waals surface area contributed by atoms with Crippen LogP contribution in [0.1, 0.15) is 30.3 Å². The average Bonchev–Trinajstić information content (AvgIpc) is 3.05. The summed E-state index contributed by atoms with van der Waals surface area (Å²) in [5.74, 6) is 2.10. The second-order valence-corrected chi connectivity index (χ2v) is 9.84. The van der Waals surface area contributed by atoms with Crippen molar-refractivity contribution in [3.63, 3.8) is 0 Å². The molecule has 1 heterocycles. The van der Waals surface area contributed by atoms with Gasteiger partial charge in [-0.05, 0) is 42.8 Å². The first-order chi connectivity index (χ1) is 14.3. The van der Waals surface area contributed by atoms with Gasteiger partial charge in [0.25, 0.3) is 0 Å². The Labute approximate surface area is 184 Å². The fourth-order valence-electron chi connectivity index (χ4n) is 3.96. The summed E-state index contributed by atoms with van der Waals surface area (Å²) >= 11 is 1.67. The monoisotopic (exact) mass is 428 g/mol. The number of nitrogens with zero attached hydrogens (tertiary/aromatic N) is 2. The van der Waals surface area contributed by atoms with E-state index in [0.29, 0.717) is 23.9 Å². The molecule has 2 aromatic carbocycles. The van der Waals surface area contributed by atoms with Gasteiger partial charge in [-0.25, -0.2) is 0 Å². The van der Waals surface area contributed by atoms with Crippen LogP contribution in [0, 0.1) is 5.41 Å². The zero-order valence-electron chi connectivity index (χ0n) is 18.6. The van der Waals surface area contributed by atoms with E-state index in [1.807, 2.05) is 53.4 Å². The first-order valence-electron chi connectivity index (χ1n) is 10.2. The highest BCUT2D eigenvalue weighted by Crippen LogP contribution is 2.43. The van der Waals surface area contributed by atoms with Gasteiger partial charge in [0.05, 0.1) is 12.9 Å². The summed E-state index contributed by atoms with van der Waals surface area (Å²) in [4.78, 5) is 16.8. The van der Waals surface area contributed by atoms with Crippen LogP contribution in [0.25, 0.3) is 0 Å². The lowest BCUT2D eigenvalue weighted by molar-refractivity contribution is -0.129. The fourth-order valence-corrected chi connectivity index (χ4v) is 5.14. The van der Waals surface area contributed by atoms with Gasteiger partial charge in [-0.15, -0.1) is 11.8 Å². The molecule has 1 atom stereocenters. The largest absolute Gasteiger partial charge is 0.493 e. The standard InChI is InChI=1S/C24H32N2O3S/c1-24(2,16-25(3)4)17-26-22(27)15-30-23(26)19-11-12-20(21(13-19)28-5)29-14-18-9-7-6-8-10-18/h6-13,23H,14-17H2,1-5H3. The van der Waals surface area contributed by atoms with Crippen molar-refractivity contribution in [2.75, 3.05) is 40.0 Å². The number of rotatable bonds is 9. The van der Waals surface area contributed by atoms with Crippen molar-refractivity contribution in [2.24, 2.45) is 5.41 Å². The molecular formula is C24H32N2O3S. The molecule has 1 saturated heterocycles. The molecule has 0 bridgehead atoms. The quantitative estimate of drug-likeness (QED) is 0.591. The summed E-state index contributed by atoms with van der Waals surface area (Å²) in [6.45, 7) is 6.54. The Bertz CT molecular complexity index is 855. The van der Waals surface area contributed by atoms with Crippen LogP contribution >= 0.6 is 11.8 Å². The van der Waals surface area contributed by atoms with Crippen molar-refractivity contribution in [3.8, 4) is 11.5 Å². The molecule has 3 rings (SSSR count). The second-order valence-electron chi connectivity index (χ2n) is 8.77. The Morgan fingerprint density at radius 3 is 2.53 bits per heavy atom. The molecule has 0 N–H and O–H groups in total. The van der Waals surface area contributed by atoms with Crippen LogP contribution in [-0.2, 0) is 11.4 Å². The van der Waals surface area contributed by atoms with E-state index in [9.17, 15) is 4.79 Å². The van der Waals surface area contributed by atoms with Gasteiger partial charge in [0.15, 0.2) is 11.5 Å². The Morgan fingerprint density at radius 2 is 1.87 bits per heavy atom. The minimum Gasteiger partial charge on any atom is -0.493 e. The van der Waals surface area contributed by atoms with Crippen LogP contribution in [0.15, 0.2) is 48.5 Å². The maximum absolute atomic E-state index is 12.6. The summed E-state index contributed by atoms with van der Waals surface area (Å²) in [6, 6.07) is 16.1. The third-order valence-electron chi connectivity index (χ3n) is 5.02. The molecule has 2 aromatic rings. The molecule has 1 aliphatic heterocycles. The zero-order chi connectivity index (χ0) is 21.7. The van der Waals surface area contributed by atoms with E-state index in [2.05, 4.69) is 32.8 Å². The minimum absolute atomic E-state index is 0.00369. The second kappa shape index (κ2) is 9.75. The van der Waals surface area contributed by atoms with E-state index < -0.39 is 0 Å². The topological polar surface area (TPSA) is 42.0 Å². The summed E-state index contributed by atoms with van der Waals surface area (Å²) in [6.07, 6.45) is 0. The fraction of sp³-hybridized carbons (Fsp3) is 0.458. The smallest absolute Gasteiger partial charge is 0.233 e. The Hall–Kier alpha value is -2.18. The molecule has 1 unspecified atom stereocenters. The van der Waals surface area contributed by atoms with Gasteiger partial charge < -0.3 is 19.3 Å². The molecule has 1 fully saturated rings. The van der Waals surface area contributed by atoms with Crippen LogP contribution in [-0.4, -0.2) is 55.8 Å². The van der Waals surface area contributed by atoms with Crippen LogP contribution in [0.2, 0.25) is 0 Å². The third-order valence-corrected chi connectivity index (χ3v) is 6.28. The molecule has 0 aliphatic carbocycles. The Morgan fingerprint density at radius 1 is 1.13 bits per heavy atom. The molecule has 162 valence electrons. The normalized spacial score (nSPS) is 16.9. The number of thioether (sulfide) groups is 1. The predicted octanol–water partition coefficient (Wildman–Crippen LogP) is 4.44. The van der Waals surface area contributed by atoms with E-state index in [1.54, 1.807) is 18.9 Å². The molecule has 0 spiro atoms. The first-order valence-corrected chi connectivity index (χ1v) is 11.2. The van der Waals surface area contributed by atoms with Crippen LogP contribution in [0.4, 0.5) is 0 Å². The lowest BCUT2D eigenvalue weighted by Crippen LogP contribution is -2.41. The van der Waals surface area contributed by atoms with E-state index in [4.69, 9.17) is 9.47 Å². The highest BCUT2D eigenvalue weighted by molar-refractivity contribution is 8.00. The van der Waals surface area contributed by atoms with Gasteiger partial charge in [-0.2, -0.15) is 0 Å². The van der Waals surface area contributed by atoms with Crippen molar-refractivity contribution in [2.45, 2.75) is 25.8 Å². The molecular weight excluding hydrogens is 396 g/mol. The number of ether oxygens (including phenoxy) is 2. The van der Waals surface area contributed by atoms with Crippen LogP contribution < -0.4 is 9.47 Å². The molecule has 0 aromatic heterocycles. The number of benzene rings is 2. The highest BCUT2D eigenvalue weighted by atomic mass is 32.2. The number of hydrogen-bond acceptors (Lipinski definition) is 5. The lowest BCUT2D eigenvalue weighted by atomic mass is 9.92. The molecule has 1 amide bonds. The van der Waals surface area contributed by atoms with Gasteiger partial charge in [0.1, 0.15) is 12.0 Å². The number of methoxy groups -OCH3 is 1. The highest BCUT2D eigenvalue weighted by Gasteiger charge is 2.37. The minimum atomic E-state index is -0.00369. The SMILES string of the molecule is COc1cc(C2SCC(=O)N2CC(C)(C)CN(C)C)ccc1OCc1ccccc1. The third kappa shape index (κ3) is 5.70. The predicted molar refractivity (Wildman–Crippen MR) is 123 cm³/mol. The molecule has 0 radical (unpaired) electrons. The van der Waals surface area contributed by atoms with Gasteiger partial charge in [0.2, 0.25) is 5.91 Å². The maximum atomic E-state index is 12.6. The molecule has 5 nitrogen and oxygen atoms in total. The van der Waals surface area contributed by atoms with E-state index in [-0.39, 0.29) is 16.7 Å². The maximum Gasteiger partial charge on any atom is 0.233 e. The van der Waals surface area contributed by atoms with Crippen LogP contribution in [0.5, 0.6) is 11.5 Å². The number of carbonyl (C=O) groups is 1. The van der Waals surface area contributed by atoms with Crippen molar-refractivity contribution >= 4 is 17.7 Å². The van der Waals surface area contributed by atoms with Crippen molar-refractivity contribution < 1.29 is 14.3 Å². The van der Waals surface area contributed by atoms with Gasteiger partial charge >= 0.3 is 0 Å². The Kier molecular flexibility index (Phi) is 7.32. The zero-order valence-corrected chi connectivity index (χ0v) is 19.4. The lowest BCUT2D eigenvalue weighted by Gasteiger charge is -2.35. The van der Waals surface area contributed by atoms with E-state index >= 15 is 0 Å². The van der Waals surface area contributed by atoms with E-state index in [1.165, 1.54) is 0 Å². The van der Waals surface area contributed by atoms with Crippen LogP contribution in [0.3, 0.4) is 0 Å². The Balaban J connectivity index is 1.76. The first kappa shape index (κ1) is 22.5. The van der Waals surface area contributed by atoms with Crippen molar-refractivity contribution in [1.82, 2.24) is 9.80 Å². The van der Waals surface area contributed by atoms with Gasteiger partial charge in [-0.1, -0.05) is 50.2 Å². The summed E-state index contributed by atoms with van der Waals surface area (Å²) in [7, 11) is 5.79. The number of carbonyl (C=O) groups excluding carboxylic acids is 1. The number of hydrogen-bond donors (Lipinski definition) is 0. The summed E-state index contributed by atoms with van der Waals surface area (Å²) in [5.41, 5.74) is 2.18. The van der Waals surface area contributed by atoms with Gasteiger partial charge in [0, 0.05) is 13.1 Å². The molecule has 30 heavy (non-hydrogen) atoms. The van der Waals surface area contributed by atoms with Crippen molar-refractivity contribution in [3.05, 3.63) is 59.7 Å². The number of amides is 1. The summed E-state index contributed by atoms with van der Waals surface area (Å²) < 4.78 is 11.6. The summed E-state index contributed by atoms with van der Waals surface area (Å²) in [5, 5.41) is -0.00369.